The average Bonchev–Trinajstić information content (AvgIpc) is 2.64. The summed E-state index contributed by atoms with van der Waals surface area (Å²) in [5.74, 6) is -1.59. The minimum Gasteiger partial charge on any atom is -0.458 e. The van der Waals surface area contributed by atoms with Gasteiger partial charge in [-0.15, -0.1) is 0 Å². The molecule has 1 heterocycles. The van der Waals surface area contributed by atoms with Gasteiger partial charge in [-0.1, -0.05) is 0 Å². The minimum absolute atomic E-state index is 0.0445. The molecule has 0 aliphatic heterocycles. The zero-order valence-corrected chi connectivity index (χ0v) is 8.46. The molecular formula is C12H8F2O2. The van der Waals surface area contributed by atoms with E-state index in [4.69, 9.17) is 4.42 Å². The summed E-state index contributed by atoms with van der Waals surface area (Å²) >= 11 is 0. The second-order valence-corrected chi connectivity index (χ2v) is 3.36. The van der Waals surface area contributed by atoms with Gasteiger partial charge in [0.05, 0.1) is 5.56 Å². The molecule has 0 amide bonds. The smallest absolute Gasteiger partial charge is 0.231 e. The lowest BCUT2D eigenvalue weighted by molar-refractivity contribution is 0.100. The Kier molecular flexibility index (Phi) is 2.56. The first-order chi connectivity index (χ1) is 7.58. The van der Waals surface area contributed by atoms with Crippen molar-refractivity contribution in [1.82, 2.24) is 0 Å². The Morgan fingerprint density at radius 1 is 1.19 bits per heavy atom. The van der Waals surface area contributed by atoms with E-state index in [2.05, 4.69) is 0 Å². The monoisotopic (exact) mass is 222 g/mol. The Morgan fingerprint density at radius 3 is 2.50 bits per heavy atom. The molecule has 4 heteroatoms. The number of aryl methyl sites for hydroxylation is 1. The molecule has 0 atom stereocenters. The average molecular weight is 222 g/mol. The summed E-state index contributed by atoms with van der Waals surface area (Å²) in [5.41, 5.74) is -0.198. The van der Waals surface area contributed by atoms with E-state index in [0.717, 1.165) is 12.1 Å². The Labute approximate surface area is 90.5 Å². The lowest BCUT2D eigenvalue weighted by Gasteiger charge is -1.99. The molecule has 0 saturated heterocycles. The van der Waals surface area contributed by atoms with Crippen LogP contribution in [0.25, 0.3) is 0 Å². The number of ketones is 1. The van der Waals surface area contributed by atoms with Gasteiger partial charge in [-0.25, -0.2) is 8.78 Å². The van der Waals surface area contributed by atoms with Crippen LogP contribution in [0.15, 0.2) is 34.7 Å². The Morgan fingerprint density at radius 2 is 1.94 bits per heavy atom. The molecule has 2 nitrogen and oxygen atoms in total. The van der Waals surface area contributed by atoms with E-state index in [-0.39, 0.29) is 11.3 Å². The van der Waals surface area contributed by atoms with Crippen LogP contribution in [0.5, 0.6) is 0 Å². The third-order valence-corrected chi connectivity index (χ3v) is 2.14. The molecule has 1 aromatic heterocycles. The Hall–Kier alpha value is -1.97. The highest BCUT2D eigenvalue weighted by Gasteiger charge is 2.17. The lowest BCUT2D eigenvalue weighted by Crippen LogP contribution is -2.03. The van der Waals surface area contributed by atoms with Gasteiger partial charge in [-0.3, -0.25) is 4.79 Å². The summed E-state index contributed by atoms with van der Waals surface area (Å²) in [7, 11) is 0. The fourth-order valence-electron chi connectivity index (χ4n) is 1.36. The summed E-state index contributed by atoms with van der Waals surface area (Å²) in [6, 6.07) is 5.87. The minimum atomic E-state index is -0.890. The summed E-state index contributed by atoms with van der Waals surface area (Å²) in [4.78, 5) is 11.7. The standard InChI is InChI=1S/C12H8F2O2/c1-7-2-5-11(16-7)12(15)9-4-3-8(13)6-10(9)14/h2-6H,1H3. The Bertz CT molecular complexity index is 544. The van der Waals surface area contributed by atoms with Crippen LogP contribution >= 0.6 is 0 Å². The van der Waals surface area contributed by atoms with Gasteiger partial charge in [-0.2, -0.15) is 0 Å². The third-order valence-electron chi connectivity index (χ3n) is 2.14. The first kappa shape index (κ1) is 10.5. The number of furan rings is 1. The van der Waals surface area contributed by atoms with Gasteiger partial charge < -0.3 is 4.42 Å². The molecule has 0 N–H and O–H groups in total. The number of halogens is 2. The molecule has 1 aromatic carbocycles. The van der Waals surface area contributed by atoms with Gasteiger partial charge >= 0.3 is 0 Å². The molecule has 0 aliphatic rings. The maximum atomic E-state index is 13.3. The molecule has 0 fully saturated rings. The highest BCUT2D eigenvalue weighted by molar-refractivity contribution is 6.07. The summed E-state index contributed by atoms with van der Waals surface area (Å²) in [6.45, 7) is 1.68. The van der Waals surface area contributed by atoms with Gasteiger partial charge in [0.15, 0.2) is 5.76 Å². The van der Waals surface area contributed by atoms with Crippen LogP contribution in [0, 0.1) is 18.6 Å². The van der Waals surface area contributed by atoms with Crippen molar-refractivity contribution in [3.63, 3.8) is 0 Å². The number of carbonyl (C=O) groups excluding carboxylic acids is 1. The molecule has 16 heavy (non-hydrogen) atoms. The van der Waals surface area contributed by atoms with Crippen molar-refractivity contribution in [1.29, 1.82) is 0 Å². The molecule has 0 aliphatic carbocycles. The van der Waals surface area contributed by atoms with Crippen molar-refractivity contribution in [3.8, 4) is 0 Å². The molecule has 0 bridgehead atoms. The van der Waals surface area contributed by atoms with Crippen molar-refractivity contribution < 1.29 is 18.0 Å². The van der Waals surface area contributed by atoms with Crippen LogP contribution in [0.3, 0.4) is 0 Å². The van der Waals surface area contributed by atoms with Gasteiger partial charge in [0.25, 0.3) is 0 Å². The van der Waals surface area contributed by atoms with E-state index in [9.17, 15) is 13.6 Å². The summed E-state index contributed by atoms with van der Waals surface area (Å²) in [6.07, 6.45) is 0. The van der Waals surface area contributed by atoms with E-state index in [1.165, 1.54) is 6.07 Å². The van der Waals surface area contributed by atoms with Crippen molar-refractivity contribution in [2.45, 2.75) is 6.92 Å². The van der Waals surface area contributed by atoms with Crippen LogP contribution in [0.1, 0.15) is 21.9 Å². The van der Waals surface area contributed by atoms with Crippen LogP contribution in [0.4, 0.5) is 8.78 Å². The van der Waals surface area contributed by atoms with Crippen molar-refractivity contribution in [2.24, 2.45) is 0 Å². The fraction of sp³-hybridized carbons (Fsp3) is 0.0833. The normalized spacial score (nSPS) is 10.4. The zero-order valence-electron chi connectivity index (χ0n) is 8.46. The highest BCUT2D eigenvalue weighted by Crippen LogP contribution is 2.16. The number of hydrogen-bond donors (Lipinski definition) is 0. The quantitative estimate of drug-likeness (QED) is 0.731. The predicted octanol–water partition coefficient (Wildman–Crippen LogP) is 3.10. The summed E-state index contributed by atoms with van der Waals surface area (Å²) < 4.78 is 31.0. The number of benzene rings is 1. The maximum Gasteiger partial charge on any atom is 0.231 e. The molecule has 0 unspecified atom stereocenters. The molecule has 0 radical (unpaired) electrons. The summed E-state index contributed by atoms with van der Waals surface area (Å²) in [5, 5.41) is 0. The second-order valence-electron chi connectivity index (χ2n) is 3.36. The van der Waals surface area contributed by atoms with Crippen molar-refractivity contribution >= 4 is 5.78 Å². The number of rotatable bonds is 2. The molecular weight excluding hydrogens is 214 g/mol. The lowest BCUT2D eigenvalue weighted by atomic mass is 10.1. The van der Waals surface area contributed by atoms with Gasteiger partial charge in [0.2, 0.25) is 5.78 Å². The van der Waals surface area contributed by atoms with Crippen LogP contribution < -0.4 is 0 Å². The van der Waals surface area contributed by atoms with Crippen LogP contribution in [-0.4, -0.2) is 5.78 Å². The van der Waals surface area contributed by atoms with Gasteiger partial charge in [0, 0.05) is 6.07 Å². The third kappa shape index (κ3) is 1.86. The molecule has 2 aromatic rings. The van der Waals surface area contributed by atoms with E-state index < -0.39 is 17.4 Å². The number of carbonyl (C=O) groups is 1. The first-order valence-electron chi connectivity index (χ1n) is 4.64. The Balaban J connectivity index is 2.41. The molecule has 0 spiro atoms. The van der Waals surface area contributed by atoms with Gasteiger partial charge in [0.1, 0.15) is 17.4 Å². The maximum absolute atomic E-state index is 13.3. The van der Waals surface area contributed by atoms with Crippen molar-refractivity contribution in [3.05, 3.63) is 59.1 Å². The van der Waals surface area contributed by atoms with Crippen LogP contribution in [0.2, 0.25) is 0 Å². The van der Waals surface area contributed by atoms with Crippen LogP contribution in [-0.2, 0) is 0 Å². The van der Waals surface area contributed by atoms with Crippen molar-refractivity contribution in [2.75, 3.05) is 0 Å². The molecule has 0 saturated carbocycles. The molecule has 2 rings (SSSR count). The highest BCUT2D eigenvalue weighted by atomic mass is 19.1. The SMILES string of the molecule is Cc1ccc(C(=O)c2ccc(F)cc2F)o1. The number of hydrogen-bond acceptors (Lipinski definition) is 2. The zero-order chi connectivity index (χ0) is 11.7. The first-order valence-corrected chi connectivity index (χ1v) is 4.64. The van der Waals surface area contributed by atoms with E-state index in [1.54, 1.807) is 13.0 Å². The van der Waals surface area contributed by atoms with Gasteiger partial charge in [-0.05, 0) is 31.2 Å². The predicted molar refractivity (Wildman–Crippen MR) is 53.2 cm³/mol. The van der Waals surface area contributed by atoms with E-state index >= 15 is 0 Å². The fourth-order valence-corrected chi connectivity index (χ4v) is 1.36. The topological polar surface area (TPSA) is 30.2 Å². The second kappa shape index (κ2) is 3.89. The molecule has 82 valence electrons. The largest absolute Gasteiger partial charge is 0.458 e. The van der Waals surface area contributed by atoms with E-state index in [1.807, 2.05) is 0 Å². The van der Waals surface area contributed by atoms with E-state index in [0.29, 0.717) is 11.8 Å².